The number of carbonyl (C=O) groups excluding carboxylic acids is 2. The monoisotopic (exact) mass is 395 g/mol. The van der Waals surface area contributed by atoms with Crippen LogP contribution in [0.1, 0.15) is 67.9 Å². The van der Waals surface area contributed by atoms with E-state index in [9.17, 15) is 14.7 Å². The van der Waals surface area contributed by atoms with Gasteiger partial charge in [-0.1, -0.05) is 18.2 Å². The number of ether oxygens (including phenoxy) is 1. The van der Waals surface area contributed by atoms with E-state index in [2.05, 4.69) is 4.98 Å². The lowest BCUT2D eigenvalue weighted by Gasteiger charge is -2.60. The third-order valence-corrected chi connectivity index (χ3v) is 7.49. The highest BCUT2D eigenvalue weighted by atomic mass is 16.5. The zero-order valence-electron chi connectivity index (χ0n) is 17.2. The number of H-pyrrole nitrogens is 1. The molecular formula is C24H29NO4. The molecule has 4 bridgehead atoms. The first-order chi connectivity index (χ1) is 13.8. The Labute approximate surface area is 170 Å². The van der Waals surface area contributed by atoms with Crippen LogP contribution in [0.15, 0.2) is 24.3 Å². The second kappa shape index (κ2) is 6.43. The highest BCUT2D eigenvalue weighted by Crippen LogP contribution is 2.62. The van der Waals surface area contributed by atoms with Crippen LogP contribution in [0.4, 0.5) is 0 Å². The van der Waals surface area contributed by atoms with Gasteiger partial charge >= 0.3 is 5.97 Å². The molecule has 1 aromatic heterocycles. The summed E-state index contributed by atoms with van der Waals surface area (Å²) < 4.78 is 5.63. The third kappa shape index (κ3) is 3.20. The van der Waals surface area contributed by atoms with E-state index >= 15 is 0 Å². The Morgan fingerprint density at radius 2 is 1.90 bits per heavy atom. The van der Waals surface area contributed by atoms with E-state index in [1.807, 2.05) is 31.2 Å². The van der Waals surface area contributed by atoms with Crippen molar-refractivity contribution in [3.63, 3.8) is 0 Å². The number of nitrogens with one attached hydrogen (secondary N) is 1. The van der Waals surface area contributed by atoms with Gasteiger partial charge in [-0.15, -0.1) is 0 Å². The first kappa shape index (κ1) is 18.9. The summed E-state index contributed by atoms with van der Waals surface area (Å²) in [5, 5.41) is 11.8. The Kier molecular flexibility index (Phi) is 4.18. The van der Waals surface area contributed by atoms with Gasteiger partial charge in [-0.2, -0.15) is 0 Å². The van der Waals surface area contributed by atoms with Gasteiger partial charge in [-0.05, 0) is 75.7 Å². The molecule has 0 saturated heterocycles. The lowest BCUT2D eigenvalue weighted by molar-refractivity contribution is -0.178. The fourth-order valence-electron chi connectivity index (χ4n) is 7.00. The maximum absolute atomic E-state index is 13.1. The van der Waals surface area contributed by atoms with Crippen molar-refractivity contribution in [1.82, 2.24) is 4.98 Å². The molecule has 5 nitrogen and oxygen atoms in total. The number of aromatic nitrogens is 1. The summed E-state index contributed by atoms with van der Waals surface area (Å²) in [7, 11) is 0. The maximum atomic E-state index is 13.1. The van der Waals surface area contributed by atoms with Gasteiger partial charge in [0.2, 0.25) is 5.78 Å². The Morgan fingerprint density at radius 3 is 2.59 bits per heavy atom. The second-order valence-corrected chi connectivity index (χ2v) is 10.0. The standard InChI is InChI=1S/C24H29NO4/c1-14-21(18-5-3-4-6-19(18)25-14)22(27)15(2)29-20(26)12-23-8-16-7-17(9-23)11-24(28,10-16)13-23/h3-6,15-17,25,28H,7-13H2,1-2H3/t15-,16-,17+,23?,24?/m1/s1. The molecule has 2 N–H and O–H groups in total. The topological polar surface area (TPSA) is 79.4 Å². The predicted octanol–water partition coefficient (Wildman–Crippen LogP) is 4.31. The molecule has 4 fully saturated rings. The average molecular weight is 395 g/mol. The second-order valence-electron chi connectivity index (χ2n) is 10.0. The molecule has 6 rings (SSSR count). The number of aliphatic hydroxyl groups is 1. The van der Waals surface area contributed by atoms with Crippen LogP contribution >= 0.6 is 0 Å². The number of aryl methyl sites for hydroxylation is 1. The lowest BCUT2D eigenvalue weighted by atomic mass is 9.47. The van der Waals surface area contributed by atoms with Crippen LogP contribution in [0.5, 0.6) is 0 Å². The van der Waals surface area contributed by atoms with Gasteiger partial charge in [0.05, 0.1) is 12.0 Å². The van der Waals surface area contributed by atoms with E-state index in [1.54, 1.807) is 6.92 Å². The number of rotatable bonds is 5. The molecule has 4 aliphatic carbocycles. The normalized spacial score (nSPS) is 33.8. The molecular weight excluding hydrogens is 366 g/mol. The summed E-state index contributed by atoms with van der Waals surface area (Å²) in [6, 6.07) is 7.68. The quantitative estimate of drug-likeness (QED) is 0.584. The molecule has 2 unspecified atom stereocenters. The van der Waals surface area contributed by atoms with Crippen molar-refractivity contribution in [2.24, 2.45) is 17.3 Å². The number of hydrogen-bond acceptors (Lipinski definition) is 4. The molecule has 1 aromatic carbocycles. The molecule has 0 spiro atoms. The lowest BCUT2D eigenvalue weighted by Crippen LogP contribution is -2.56. The first-order valence-corrected chi connectivity index (χ1v) is 10.8. The largest absolute Gasteiger partial charge is 0.454 e. The number of fused-ring (bicyclic) bond motifs is 1. The predicted molar refractivity (Wildman–Crippen MR) is 110 cm³/mol. The van der Waals surface area contributed by atoms with E-state index in [1.165, 1.54) is 6.42 Å². The fraction of sp³-hybridized carbons (Fsp3) is 0.583. The van der Waals surface area contributed by atoms with Crippen LogP contribution < -0.4 is 0 Å². The highest BCUT2D eigenvalue weighted by molar-refractivity contribution is 6.11. The molecule has 0 radical (unpaired) electrons. The van der Waals surface area contributed by atoms with Crippen molar-refractivity contribution in [3.8, 4) is 0 Å². The molecule has 4 saturated carbocycles. The zero-order valence-corrected chi connectivity index (χ0v) is 17.2. The Morgan fingerprint density at radius 1 is 1.21 bits per heavy atom. The molecule has 4 aliphatic rings. The van der Waals surface area contributed by atoms with E-state index in [4.69, 9.17) is 4.74 Å². The number of aromatic amines is 1. The van der Waals surface area contributed by atoms with Crippen LogP contribution in [0, 0.1) is 24.2 Å². The fourth-order valence-corrected chi connectivity index (χ4v) is 7.00. The minimum Gasteiger partial charge on any atom is -0.454 e. The van der Waals surface area contributed by atoms with Crippen molar-refractivity contribution in [3.05, 3.63) is 35.5 Å². The summed E-state index contributed by atoms with van der Waals surface area (Å²) in [6.45, 7) is 3.53. The Bertz CT molecular complexity index is 976. The number of esters is 1. The summed E-state index contributed by atoms with van der Waals surface area (Å²) in [5.41, 5.74) is 1.57. The summed E-state index contributed by atoms with van der Waals surface area (Å²) in [5.74, 6) is 0.579. The molecule has 154 valence electrons. The van der Waals surface area contributed by atoms with Crippen LogP contribution in [0.3, 0.4) is 0 Å². The highest BCUT2D eigenvalue weighted by Gasteiger charge is 2.57. The SMILES string of the molecule is Cc1[nH]c2ccccc2c1C(=O)[C@@H](C)OC(=O)CC12C[C@@H]3C[C@@H](CC(O)(C3)C1)C2. The van der Waals surface area contributed by atoms with Gasteiger partial charge in [-0.25, -0.2) is 0 Å². The average Bonchev–Trinajstić information content (AvgIpc) is 2.93. The van der Waals surface area contributed by atoms with Gasteiger partial charge in [-0.3, -0.25) is 9.59 Å². The van der Waals surface area contributed by atoms with E-state index in [0.717, 1.165) is 42.3 Å². The van der Waals surface area contributed by atoms with Crippen molar-refractivity contribution in [2.45, 2.75) is 70.5 Å². The van der Waals surface area contributed by atoms with Crippen molar-refractivity contribution in [1.29, 1.82) is 0 Å². The minimum atomic E-state index is -0.822. The summed E-state index contributed by atoms with van der Waals surface area (Å²) >= 11 is 0. The van der Waals surface area contributed by atoms with Gasteiger partial charge in [0.15, 0.2) is 6.10 Å². The molecule has 2 aromatic rings. The van der Waals surface area contributed by atoms with Gasteiger partial charge in [0, 0.05) is 22.2 Å². The molecule has 0 aliphatic heterocycles. The van der Waals surface area contributed by atoms with E-state index in [0.29, 0.717) is 30.2 Å². The van der Waals surface area contributed by atoms with Crippen molar-refractivity contribution < 1.29 is 19.4 Å². The number of benzene rings is 1. The zero-order chi connectivity index (χ0) is 20.4. The van der Waals surface area contributed by atoms with Gasteiger partial charge < -0.3 is 14.8 Å². The van der Waals surface area contributed by atoms with Crippen molar-refractivity contribution >= 4 is 22.7 Å². The minimum absolute atomic E-state index is 0.143. The molecule has 5 atom stereocenters. The maximum Gasteiger partial charge on any atom is 0.307 e. The molecule has 0 amide bonds. The molecule has 1 heterocycles. The number of para-hydroxylation sites is 1. The third-order valence-electron chi connectivity index (χ3n) is 7.49. The van der Waals surface area contributed by atoms with Crippen LogP contribution in [0.2, 0.25) is 0 Å². The summed E-state index contributed by atoms with van der Waals surface area (Å²) in [4.78, 5) is 29.1. The van der Waals surface area contributed by atoms with Crippen LogP contribution in [-0.2, 0) is 9.53 Å². The Balaban J connectivity index is 1.30. The van der Waals surface area contributed by atoms with Crippen molar-refractivity contribution in [2.75, 3.05) is 0 Å². The smallest absolute Gasteiger partial charge is 0.307 e. The Hall–Kier alpha value is -2.14. The summed E-state index contributed by atoms with van der Waals surface area (Å²) in [6.07, 6.45) is 5.16. The van der Waals surface area contributed by atoms with Crippen LogP contribution in [0.25, 0.3) is 10.9 Å². The molecule has 29 heavy (non-hydrogen) atoms. The number of hydrogen-bond donors (Lipinski definition) is 2. The molecule has 5 heteroatoms. The van der Waals surface area contributed by atoms with E-state index in [-0.39, 0.29) is 17.2 Å². The number of ketones is 1. The first-order valence-electron chi connectivity index (χ1n) is 10.8. The van der Waals surface area contributed by atoms with Gasteiger partial charge in [0.1, 0.15) is 0 Å². The van der Waals surface area contributed by atoms with E-state index < -0.39 is 11.7 Å². The van der Waals surface area contributed by atoms with Crippen LogP contribution in [-0.4, -0.2) is 33.5 Å². The van der Waals surface area contributed by atoms with Gasteiger partial charge in [0.25, 0.3) is 0 Å². The number of Topliss-reactive ketones (excluding diaryl/α,β-unsaturated/α-hetero) is 1. The number of carbonyl (C=O) groups is 2.